The Hall–Kier alpha value is -2.82. The lowest BCUT2D eigenvalue weighted by molar-refractivity contribution is -0.134. The monoisotopic (exact) mass is 366 g/mol. The van der Waals surface area contributed by atoms with Gasteiger partial charge in [0.2, 0.25) is 0 Å². The van der Waals surface area contributed by atoms with E-state index in [1.807, 2.05) is 55.5 Å². The molecule has 5 heteroatoms. The molecule has 0 N–H and O–H groups in total. The number of benzene rings is 2. The first kappa shape index (κ1) is 19.0. The Bertz CT molecular complexity index is 793. The van der Waals surface area contributed by atoms with Gasteiger partial charge < -0.3 is 14.5 Å². The van der Waals surface area contributed by atoms with Crippen LogP contribution in [0.3, 0.4) is 0 Å². The summed E-state index contributed by atoms with van der Waals surface area (Å²) in [5.41, 5.74) is 3.01. The number of aryl methyl sites for hydroxylation is 2. The van der Waals surface area contributed by atoms with E-state index in [1.54, 1.807) is 9.80 Å². The summed E-state index contributed by atoms with van der Waals surface area (Å²) in [4.78, 5) is 28.5. The molecule has 0 radical (unpaired) electrons. The van der Waals surface area contributed by atoms with Crippen molar-refractivity contribution in [3.8, 4) is 5.75 Å². The van der Waals surface area contributed by atoms with Crippen molar-refractivity contribution in [3.63, 3.8) is 0 Å². The van der Waals surface area contributed by atoms with Gasteiger partial charge in [0, 0.05) is 31.7 Å². The third-order valence-electron chi connectivity index (χ3n) is 4.89. The number of carbonyl (C=O) groups is 2. The van der Waals surface area contributed by atoms with Gasteiger partial charge in [-0.05, 0) is 43.2 Å². The molecule has 0 atom stereocenters. The molecule has 0 aliphatic carbocycles. The highest BCUT2D eigenvalue weighted by Crippen LogP contribution is 2.14. The number of carbonyl (C=O) groups excluding carboxylic acids is 2. The molecule has 2 aromatic rings. The maximum Gasteiger partial charge on any atom is 0.260 e. The molecule has 0 bridgehead atoms. The summed E-state index contributed by atoms with van der Waals surface area (Å²) >= 11 is 0. The topological polar surface area (TPSA) is 49.9 Å². The molecule has 1 heterocycles. The molecule has 0 aromatic heterocycles. The summed E-state index contributed by atoms with van der Waals surface area (Å²) in [7, 11) is 0. The second kappa shape index (κ2) is 8.71. The number of ether oxygens (including phenoxy) is 1. The molecule has 1 saturated heterocycles. The van der Waals surface area contributed by atoms with Crippen LogP contribution in [0.4, 0.5) is 0 Å². The fraction of sp³-hybridized carbons (Fsp3) is 0.364. The van der Waals surface area contributed by atoms with Crippen molar-refractivity contribution in [2.75, 3.05) is 32.8 Å². The van der Waals surface area contributed by atoms with Crippen LogP contribution in [0.1, 0.15) is 28.4 Å². The minimum absolute atomic E-state index is 0.0229. The summed E-state index contributed by atoms with van der Waals surface area (Å²) in [6, 6.07) is 15.4. The first-order valence-corrected chi connectivity index (χ1v) is 9.42. The van der Waals surface area contributed by atoms with Gasteiger partial charge in [-0.3, -0.25) is 9.59 Å². The first-order chi connectivity index (χ1) is 13.1. The third kappa shape index (κ3) is 4.88. The Morgan fingerprint density at radius 3 is 2.30 bits per heavy atom. The van der Waals surface area contributed by atoms with Gasteiger partial charge >= 0.3 is 0 Å². The first-order valence-electron chi connectivity index (χ1n) is 9.42. The molecule has 1 aliphatic heterocycles. The van der Waals surface area contributed by atoms with E-state index in [2.05, 4.69) is 6.92 Å². The zero-order chi connectivity index (χ0) is 19.2. The van der Waals surface area contributed by atoms with Crippen molar-refractivity contribution in [1.82, 2.24) is 9.80 Å². The number of hydrogen-bond acceptors (Lipinski definition) is 3. The van der Waals surface area contributed by atoms with E-state index in [4.69, 9.17) is 4.74 Å². The van der Waals surface area contributed by atoms with Gasteiger partial charge in [0.1, 0.15) is 5.75 Å². The average molecular weight is 366 g/mol. The highest BCUT2D eigenvalue weighted by molar-refractivity contribution is 5.94. The van der Waals surface area contributed by atoms with Crippen LogP contribution in [-0.4, -0.2) is 54.4 Å². The Kier molecular flexibility index (Phi) is 6.12. The lowest BCUT2D eigenvalue weighted by Crippen LogP contribution is -2.51. The normalized spacial score (nSPS) is 14.1. The average Bonchev–Trinajstić information content (AvgIpc) is 2.72. The molecule has 1 aliphatic rings. The fourth-order valence-electron chi connectivity index (χ4n) is 3.13. The van der Waals surface area contributed by atoms with Crippen molar-refractivity contribution in [1.29, 1.82) is 0 Å². The third-order valence-corrected chi connectivity index (χ3v) is 4.89. The van der Waals surface area contributed by atoms with Crippen molar-refractivity contribution in [3.05, 3.63) is 65.2 Å². The van der Waals surface area contributed by atoms with Crippen LogP contribution in [0.5, 0.6) is 5.75 Å². The number of nitrogens with zero attached hydrogens (tertiary/aromatic N) is 2. The SMILES string of the molecule is CCc1cccc(OCC(=O)N2CCN(C(=O)c3ccc(C)cc3)CC2)c1. The molecular weight excluding hydrogens is 340 g/mol. The maximum atomic E-state index is 12.6. The van der Waals surface area contributed by atoms with E-state index in [0.717, 1.165) is 17.7 Å². The molecule has 0 spiro atoms. The van der Waals surface area contributed by atoms with Crippen LogP contribution < -0.4 is 4.74 Å². The largest absolute Gasteiger partial charge is 0.484 e. The summed E-state index contributed by atoms with van der Waals surface area (Å²) in [6.45, 7) is 6.27. The molecule has 2 aromatic carbocycles. The molecular formula is C22H26N2O3. The van der Waals surface area contributed by atoms with E-state index in [1.165, 1.54) is 5.56 Å². The van der Waals surface area contributed by atoms with Gasteiger partial charge in [0.05, 0.1) is 0 Å². The highest BCUT2D eigenvalue weighted by atomic mass is 16.5. The smallest absolute Gasteiger partial charge is 0.260 e. The number of rotatable bonds is 5. The molecule has 0 unspecified atom stereocenters. The van der Waals surface area contributed by atoms with Gasteiger partial charge in [0.15, 0.2) is 6.61 Å². The molecule has 142 valence electrons. The van der Waals surface area contributed by atoms with Crippen LogP contribution in [-0.2, 0) is 11.2 Å². The summed E-state index contributed by atoms with van der Waals surface area (Å²) in [6.07, 6.45) is 0.933. The number of hydrogen-bond donors (Lipinski definition) is 0. The lowest BCUT2D eigenvalue weighted by Gasteiger charge is -2.34. The van der Waals surface area contributed by atoms with Crippen LogP contribution in [0, 0.1) is 6.92 Å². The Morgan fingerprint density at radius 1 is 0.963 bits per heavy atom. The molecule has 1 fully saturated rings. The lowest BCUT2D eigenvalue weighted by atomic mass is 10.1. The minimum atomic E-state index is -0.0423. The molecule has 5 nitrogen and oxygen atoms in total. The second-order valence-electron chi connectivity index (χ2n) is 6.83. The molecule has 3 rings (SSSR count). The Labute approximate surface area is 160 Å². The van der Waals surface area contributed by atoms with Gasteiger partial charge in [-0.2, -0.15) is 0 Å². The van der Waals surface area contributed by atoms with E-state index < -0.39 is 0 Å². The maximum absolute atomic E-state index is 12.6. The minimum Gasteiger partial charge on any atom is -0.484 e. The van der Waals surface area contributed by atoms with Crippen LogP contribution in [0.2, 0.25) is 0 Å². The van der Waals surface area contributed by atoms with Gasteiger partial charge in [-0.25, -0.2) is 0 Å². The van der Waals surface area contributed by atoms with Crippen LogP contribution in [0.25, 0.3) is 0 Å². The Morgan fingerprint density at radius 2 is 1.63 bits per heavy atom. The second-order valence-corrected chi connectivity index (χ2v) is 6.83. The van der Waals surface area contributed by atoms with E-state index in [0.29, 0.717) is 31.7 Å². The zero-order valence-corrected chi connectivity index (χ0v) is 16.0. The van der Waals surface area contributed by atoms with Crippen LogP contribution >= 0.6 is 0 Å². The standard InChI is InChI=1S/C22H26N2O3/c1-3-18-5-4-6-20(15-18)27-16-21(25)23-11-13-24(14-12-23)22(26)19-9-7-17(2)8-10-19/h4-10,15H,3,11-14,16H2,1-2H3. The van der Waals surface area contributed by atoms with Crippen molar-refractivity contribution in [2.45, 2.75) is 20.3 Å². The van der Waals surface area contributed by atoms with Gasteiger partial charge in [-0.1, -0.05) is 36.8 Å². The van der Waals surface area contributed by atoms with Crippen molar-refractivity contribution in [2.24, 2.45) is 0 Å². The van der Waals surface area contributed by atoms with Gasteiger partial charge in [0.25, 0.3) is 11.8 Å². The van der Waals surface area contributed by atoms with E-state index in [9.17, 15) is 9.59 Å². The van der Waals surface area contributed by atoms with Gasteiger partial charge in [-0.15, -0.1) is 0 Å². The number of piperazine rings is 1. The summed E-state index contributed by atoms with van der Waals surface area (Å²) in [5.74, 6) is 0.699. The quantitative estimate of drug-likeness (QED) is 0.818. The summed E-state index contributed by atoms with van der Waals surface area (Å²) in [5, 5.41) is 0. The molecule has 0 saturated carbocycles. The highest BCUT2D eigenvalue weighted by Gasteiger charge is 2.25. The number of amides is 2. The van der Waals surface area contributed by atoms with Crippen molar-refractivity contribution < 1.29 is 14.3 Å². The van der Waals surface area contributed by atoms with E-state index in [-0.39, 0.29) is 18.4 Å². The van der Waals surface area contributed by atoms with Crippen LogP contribution in [0.15, 0.2) is 48.5 Å². The predicted molar refractivity (Wildman–Crippen MR) is 105 cm³/mol. The van der Waals surface area contributed by atoms with E-state index >= 15 is 0 Å². The summed E-state index contributed by atoms with van der Waals surface area (Å²) < 4.78 is 5.65. The molecule has 2 amide bonds. The molecule has 27 heavy (non-hydrogen) atoms. The zero-order valence-electron chi connectivity index (χ0n) is 16.0. The predicted octanol–water partition coefficient (Wildman–Crippen LogP) is 2.92. The Balaban J connectivity index is 1.48. The van der Waals surface area contributed by atoms with Crippen molar-refractivity contribution >= 4 is 11.8 Å². The fourth-order valence-corrected chi connectivity index (χ4v) is 3.13.